The van der Waals surface area contributed by atoms with Crippen LogP contribution in [0.5, 0.6) is 0 Å². The summed E-state index contributed by atoms with van der Waals surface area (Å²) < 4.78 is 84.5. The van der Waals surface area contributed by atoms with E-state index < -0.39 is 279 Å². The van der Waals surface area contributed by atoms with Gasteiger partial charge in [-0.3, -0.25) is 4.79 Å². The van der Waals surface area contributed by atoms with E-state index in [9.17, 15) is 102 Å². The van der Waals surface area contributed by atoms with Crippen molar-refractivity contribution in [1.29, 1.82) is 0 Å². The van der Waals surface area contributed by atoms with Crippen LogP contribution in [0.25, 0.3) is 0 Å². The highest BCUT2D eigenvalue weighted by Crippen LogP contribution is 2.38. The second kappa shape index (κ2) is 52.6. The van der Waals surface area contributed by atoms with E-state index in [-0.39, 0.29) is 18.7 Å². The Balaban J connectivity index is 1.000. The Labute approximate surface area is 681 Å². The Morgan fingerprint density at radius 1 is 0.371 bits per heavy atom. The van der Waals surface area contributed by atoms with Crippen LogP contribution in [0.2, 0.25) is 0 Å². The van der Waals surface area contributed by atoms with Gasteiger partial charge in [0.15, 0.2) is 31.5 Å². The molecule has 7 aliphatic rings. The van der Waals surface area contributed by atoms with E-state index in [0.717, 1.165) is 51.4 Å². The lowest BCUT2D eigenvalue weighted by Gasteiger charge is -2.51. The molecular formula is C79H145N3O34. The molecule has 24 N–H and O–H groups in total. The minimum absolute atomic E-state index is 0.196. The first kappa shape index (κ1) is 101. The van der Waals surface area contributed by atoms with Crippen molar-refractivity contribution in [3.8, 4) is 0 Å². The summed E-state index contributed by atoms with van der Waals surface area (Å²) in [4.78, 5) is 13.6. The van der Waals surface area contributed by atoms with E-state index in [2.05, 4.69) is 19.2 Å². The number of nitrogens with one attached hydrogen (secondary N) is 1. The molecule has 0 aromatic heterocycles. The summed E-state index contributed by atoms with van der Waals surface area (Å²) in [7, 11) is 0. The molecule has 0 aromatic rings. The van der Waals surface area contributed by atoms with Gasteiger partial charge in [-0.2, -0.15) is 0 Å². The number of aliphatic hydroxyl groups is 19. The summed E-state index contributed by atoms with van der Waals surface area (Å²) in [6.45, 7) is 1.11. The van der Waals surface area contributed by atoms with E-state index >= 15 is 0 Å². The van der Waals surface area contributed by atoms with Gasteiger partial charge in [-0.05, 0) is 39.5 Å². The van der Waals surface area contributed by atoms with Crippen molar-refractivity contribution in [2.24, 2.45) is 11.5 Å². The highest BCUT2D eigenvalue weighted by atomic mass is 16.8. The standard InChI is InChI=1S/C79H145N3O34/c1-5-7-9-11-13-15-17-19-21-23-25-27-29-31-45(88)44(82-53(89)32-30-28-26-24-22-20-18-16-14-12-10-8-6-2)40-105-76-67(101)72(60(94)48(36-84)109-76)104-41-52-54(80)62(96)69(50(38-86)108-52)113-78-68(102)73(61(95)49(37-85)110-78)115-75-55(81)71(103-34-33-46-58(92)63(97)56(90)42(3)106-46)70(51(39-87)112-75)114-79-74(65(99)59(93)47(35-83)111-79)116-77-66(100)64(98)57(91)43(4)107-77/h29,31,42-52,54-79,83-88,90-102H,5-28,30,32-41,80-81H2,1-4H3,(H,82,89)/b31-29+/t42?,43?,44?,45?,46-,47?,48?,49?,50?,51?,52?,54?,55?,56-,57+,58?,59+,60+,61+,62?,63?,64?,65?,66?,67?,68?,69?,70+,71?,72?,73?,74?,75+,76?,77+,78?,79+/m1/s1. The number of amides is 1. The fraction of sp³-hybridized carbons (Fsp3) is 0.962. The van der Waals surface area contributed by atoms with E-state index in [0.29, 0.717) is 12.8 Å². The maximum absolute atomic E-state index is 13.6. The number of hydrogen-bond acceptors (Lipinski definition) is 36. The molecule has 0 aliphatic carbocycles. The quantitative estimate of drug-likeness (QED) is 0.0211. The molecule has 37 nitrogen and oxygen atoms in total. The predicted octanol–water partition coefficient (Wildman–Crippen LogP) is -3.20. The Hall–Kier alpha value is -2.19. The van der Waals surface area contributed by atoms with Gasteiger partial charge in [-0.15, -0.1) is 0 Å². The number of carbonyl (C=O) groups excluding carboxylic acids is 1. The molecule has 7 fully saturated rings. The smallest absolute Gasteiger partial charge is 0.220 e. The Morgan fingerprint density at radius 3 is 1.38 bits per heavy atom. The van der Waals surface area contributed by atoms with Crippen LogP contribution < -0.4 is 16.8 Å². The van der Waals surface area contributed by atoms with Gasteiger partial charge in [0.05, 0.1) is 94.9 Å². The van der Waals surface area contributed by atoms with E-state index in [4.69, 9.17) is 77.8 Å². The molecule has 1 amide bonds. The van der Waals surface area contributed by atoms with Crippen molar-refractivity contribution in [3.05, 3.63) is 12.2 Å². The topological polar surface area (TPSA) is 595 Å². The summed E-state index contributed by atoms with van der Waals surface area (Å²) in [5.41, 5.74) is 13.5. The first-order valence-electron chi connectivity index (χ1n) is 42.8. The number of allylic oxidation sites excluding steroid dienone is 1. The molecule has 37 heteroatoms. The van der Waals surface area contributed by atoms with Gasteiger partial charge in [0.1, 0.15) is 146 Å². The number of rotatable bonds is 52. The third kappa shape index (κ3) is 28.9. The molecule has 0 aromatic carbocycles. The molecule has 0 bridgehead atoms. The molecule has 7 heterocycles. The maximum atomic E-state index is 13.6. The molecule has 37 atom stereocenters. The summed E-state index contributed by atoms with van der Waals surface area (Å²) in [6.07, 6.45) is -25.6. The largest absolute Gasteiger partial charge is 0.394 e. The van der Waals surface area contributed by atoms with Crippen LogP contribution in [-0.4, -0.2) is 382 Å². The third-order valence-electron chi connectivity index (χ3n) is 23.5. The molecule has 0 saturated carbocycles. The first-order valence-corrected chi connectivity index (χ1v) is 42.8. The lowest BCUT2D eigenvalue weighted by Crippen LogP contribution is -2.70. The molecule has 0 radical (unpaired) electrons. The lowest BCUT2D eigenvalue weighted by molar-refractivity contribution is -0.390. The molecule has 0 spiro atoms. The summed E-state index contributed by atoms with van der Waals surface area (Å²) in [5.74, 6) is -0.318. The molecule has 116 heavy (non-hydrogen) atoms. The van der Waals surface area contributed by atoms with Crippen molar-refractivity contribution in [2.45, 2.75) is 428 Å². The number of carbonyl (C=O) groups is 1. The van der Waals surface area contributed by atoms with Crippen LogP contribution in [0.1, 0.15) is 201 Å². The lowest BCUT2D eigenvalue weighted by atomic mass is 9.92. The second-order valence-corrected chi connectivity index (χ2v) is 32.5. The number of aliphatic hydroxyl groups excluding tert-OH is 19. The molecule has 7 rings (SSSR count). The molecule has 27 unspecified atom stereocenters. The number of unbranched alkanes of at least 4 members (excludes halogenated alkanes) is 23. The number of ether oxygens (including phenoxy) is 14. The third-order valence-corrected chi connectivity index (χ3v) is 23.5. The van der Waals surface area contributed by atoms with Gasteiger partial charge in [0, 0.05) is 13.0 Å². The second-order valence-electron chi connectivity index (χ2n) is 32.5. The first-order chi connectivity index (χ1) is 55.7. The summed E-state index contributed by atoms with van der Waals surface area (Å²) in [6, 6.07) is -4.23. The van der Waals surface area contributed by atoms with Gasteiger partial charge >= 0.3 is 0 Å². The van der Waals surface area contributed by atoms with Crippen LogP contribution in [0.4, 0.5) is 0 Å². The Kier molecular flexibility index (Phi) is 45.7. The van der Waals surface area contributed by atoms with Gasteiger partial charge < -0.3 is 180 Å². The van der Waals surface area contributed by atoms with Crippen molar-refractivity contribution < 1.29 is 168 Å². The summed E-state index contributed by atoms with van der Waals surface area (Å²) in [5, 5.41) is 213. The van der Waals surface area contributed by atoms with Crippen LogP contribution in [0.3, 0.4) is 0 Å². The number of nitrogens with two attached hydrogens (primary N) is 2. The highest BCUT2D eigenvalue weighted by molar-refractivity contribution is 5.76. The molecule has 7 aliphatic heterocycles. The highest BCUT2D eigenvalue weighted by Gasteiger charge is 2.58. The maximum Gasteiger partial charge on any atom is 0.220 e. The SMILES string of the molecule is CCCCCCCCCCCCC/C=C/C(O)C(COC1OC(CO)[C@H](O)C(OCC2OC(CO)C(OC3OC(CO)[C@H](O)C(O[C@@H]4OC(CO)[C@H](O[C@@H]5OC(CO)[C@H](O)C(O)C5O[C@@H]5OC(C)[C@H](O)C(O)C5O)C(OCC[C@H]5OC(C)[C@@H](O)C(O)C5O)C4N)C3O)C(O)C2N)C1O)NC(=O)CCCCCCCCCCCCCCC. The minimum Gasteiger partial charge on any atom is -0.394 e. The monoisotopic (exact) mass is 1680 g/mol. The van der Waals surface area contributed by atoms with Gasteiger partial charge in [-0.25, -0.2) is 0 Å². The number of hydrogen-bond donors (Lipinski definition) is 22. The fourth-order valence-corrected chi connectivity index (χ4v) is 16.1. The zero-order valence-corrected chi connectivity index (χ0v) is 68.0. The fourth-order valence-electron chi connectivity index (χ4n) is 16.1. The average molecular weight is 1680 g/mol. The van der Waals surface area contributed by atoms with E-state index in [1.165, 1.54) is 110 Å². The van der Waals surface area contributed by atoms with Gasteiger partial charge in [0.25, 0.3) is 0 Å². The van der Waals surface area contributed by atoms with E-state index in [1.54, 1.807) is 6.08 Å². The molecular weight excluding hydrogens is 1530 g/mol. The van der Waals surface area contributed by atoms with Gasteiger partial charge in [-0.1, -0.05) is 167 Å². The van der Waals surface area contributed by atoms with Crippen molar-refractivity contribution in [1.82, 2.24) is 5.32 Å². The molecule has 7 saturated heterocycles. The predicted molar refractivity (Wildman–Crippen MR) is 409 cm³/mol. The van der Waals surface area contributed by atoms with Crippen molar-refractivity contribution in [3.63, 3.8) is 0 Å². The Morgan fingerprint density at radius 2 is 0.810 bits per heavy atom. The molecule has 680 valence electrons. The zero-order valence-electron chi connectivity index (χ0n) is 68.0. The minimum atomic E-state index is -2.16. The summed E-state index contributed by atoms with van der Waals surface area (Å²) >= 11 is 0. The zero-order chi connectivity index (χ0) is 84.7. The van der Waals surface area contributed by atoms with Crippen LogP contribution in [0.15, 0.2) is 12.2 Å². The van der Waals surface area contributed by atoms with Crippen LogP contribution >= 0.6 is 0 Å². The average Bonchev–Trinajstić information content (AvgIpc) is 0.767. The van der Waals surface area contributed by atoms with Crippen molar-refractivity contribution >= 4 is 5.91 Å². The van der Waals surface area contributed by atoms with Gasteiger partial charge in [0.2, 0.25) is 5.91 Å². The van der Waals surface area contributed by atoms with Crippen LogP contribution in [0, 0.1) is 0 Å². The van der Waals surface area contributed by atoms with E-state index in [1.807, 2.05) is 6.08 Å². The Bertz CT molecular complexity index is 2660. The normalized spacial score (nSPS) is 40.5. The van der Waals surface area contributed by atoms with Crippen LogP contribution in [-0.2, 0) is 71.1 Å². The van der Waals surface area contributed by atoms with Crippen molar-refractivity contribution in [2.75, 3.05) is 52.9 Å².